The van der Waals surface area contributed by atoms with Gasteiger partial charge < -0.3 is 10.6 Å². The summed E-state index contributed by atoms with van der Waals surface area (Å²) in [4.78, 5) is 23.4. The maximum atomic E-state index is 12.9. The van der Waals surface area contributed by atoms with Gasteiger partial charge in [0, 0.05) is 11.3 Å². The first-order valence-corrected chi connectivity index (χ1v) is 7.09. The molecule has 0 aromatic heterocycles. The van der Waals surface area contributed by atoms with Crippen LogP contribution in [0.15, 0.2) is 48.5 Å². The summed E-state index contributed by atoms with van der Waals surface area (Å²) >= 11 is 0. The number of hydrogen-bond acceptors (Lipinski definition) is 3. The summed E-state index contributed by atoms with van der Waals surface area (Å²) in [5.74, 6) is -0.828. The van der Waals surface area contributed by atoms with Crippen LogP contribution >= 0.6 is 0 Å². The molecule has 0 fully saturated rings. The molecular formula is C17H15F3N2O2. The molecule has 0 aliphatic rings. The lowest BCUT2D eigenvalue weighted by molar-refractivity contribution is -0.137. The van der Waals surface area contributed by atoms with Crippen molar-refractivity contribution in [3.05, 3.63) is 59.7 Å². The highest BCUT2D eigenvalue weighted by atomic mass is 19.4. The third-order valence-corrected chi connectivity index (χ3v) is 3.25. The third-order valence-electron chi connectivity index (χ3n) is 3.25. The highest BCUT2D eigenvalue weighted by Crippen LogP contribution is 2.34. The van der Waals surface area contributed by atoms with Crippen molar-refractivity contribution in [3.8, 4) is 0 Å². The van der Waals surface area contributed by atoms with Gasteiger partial charge in [0.25, 0.3) is 0 Å². The molecule has 0 bridgehead atoms. The summed E-state index contributed by atoms with van der Waals surface area (Å²) in [6, 6.07) is 11.3. The van der Waals surface area contributed by atoms with Crippen LogP contribution in [0.1, 0.15) is 22.8 Å². The van der Waals surface area contributed by atoms with Crippen molar-refractivity contribution in [3.63, 3.8) is 0 Å². The van der Waals surface area contributed by atoms with Crippen molar-refractivity contribution in [1.82, 2.24) is 0 Å². The van der Waals surface area contributed by atoms with Gasteiger partial charge in [-0.2, -0.15) is 13.2 Å². The molecular weight excluding hydrogens is 321 g/mol. The van der Waals surface area contributed by atoms with E-state index >= 15 is 0 Å². The molecule has 2 N–H and O–H groups in total. The number of amides is 1. The van der Waals surface area contributed by atoms with E-state index in [1.54, 1.807) is 24.3 Å². The van der Waals surface area contributed by atoms with Crippen molar-refractivity contribution in [2.24, 2.45) is 0 Å². The number of benzene rings is 2. The number of para-hydroxylation sites is 2. The largest absolute Gasteiger partial charge is 0.418 e. The highest BCUT2D eigenvalue weighted by molar-refractivity contribution is 6.00. The summed E-state index contributed by atoms with van der Waals surface area (Å²) in [5.41, 5.74) is -0.371. The van der Waals surface area contributed by atoms with E-state index in [0.717, 1.165) is 6.07 Å². The fraction of sp³-hybridized carbons (Fsp3) is 0.176. The summed E-state index contributed by atoms with van der Waals surface area (Å²) < 4.78 is 38.7. The van der Waals surface area contributed by atoms with E-state index in [-0.39, 0.29) is 18.0 Å². The Morgan fingerprint density at radius 1 is 0.958 bits per heavy atom. The SMILES string of the molecule is CC(=O)c1ccccc1NCC(=O)Nc1ccccc1C(F)(F)F. The number of carbonyl (C=O) groups excluding carboxylic acids is 2. The molecule has 1 amide bonds. The Morgan fingerprint density at radius 3 is 2.17 bits per heavy atom. The van der Waals surface area contributed by atoms with Gasteiger partial charge in [0.2, 0.25) is 5.91 Å². The first kappa shape index (κ1) is 17.5. The second kappa shape index (κ2) is 7.16. The van der Waals surface area contributed by atoms with Gasteiger partial charge in [-0.25, -0.2) is 0 Å². The third kappa shape index (κ3) is 4.34. The number of anilines is 2. The predicted molar refractivity (Wildman–Crippen MR) is 85.0 cm³/mol. The van der Waals surface area contributed by atoms with E-state index in [1.807, 2.05) is 0 Å². The molecule has 0 saturated carbocycles. The predicted octanol–water partition coefficient (Wildman–Crippen LogP) is 3.96. The molecule has 4 nitrogen and oxygen atoms in total. The van der Waals surface area contributed by atoms with E-state index < -0.39 is 17.6 Å². The van der Waals surface area contributed by atoms with Crippen LogP contribution in [0, 0.1) is 0 Å². The Labute approximate surface area is 136 Å². The summed E-state index contributed by atoms with van der Waals surface area (Å²) in [6.45, 7) is 1.12. The molecule has 0 saturated heterocycles. The minimum Gasteiger partial charge on any atom is -0.376 e. The Hall–Kier alpha value is -2.83. The Kier molecular flexibility index (Phi) is 5.23. The number of nitrogens with one attached hydrogen (secondary N) is 2. The van der Waals surface area contributed by atoms with Crippen LogP contribution in [0.5, 0.6) is 0 Å². The zero-order valence-corrected chi connectivity index (χ0v) is 12.8. The average Bonchev–Trinajstić information content (AvgIpc) is 2.52. The molecule has 0 aliphatic heterocycles. The van der Waals surface area contributed by atoms with Crippen molar-refractivity contribution in [2.45, 2.75) is 13.1 Å². The monoisotopic (exact) mass is 336 g/mol. The van der Waals surface area contributed by atoms with E-state index in [1.165, 1.54) is 25.1 Å². The number of hydrogen-bond donors (Lipinski definition) is 2. The quantitative estimate of drug-likeness (QED) is 0.813. The van der Waals surface area contributed by atoms with E-state index in [9.17, 15) is 22.8 Å². The highest BCUT2D eigenvalue weighted by Gasteiger charge is 2.33. The normalized spacial score (nSPS) is 11.0. The van der Waals surface area contributed by atoms with Crippen LogP contribution in [-0.4, -0.2) is 18.2 Å². The van der Waals surface area contributed by atoms with Crippen LogP contribution in [-0.2, 0) is 11.0 Å². The van der Waals surface area contributed by atoms with Crippen molar-refractivity contribution >= 4 is 23.1 Å². The molecule has 0 heterocycles. The molecule has 2 rings (SSSR count). The topological polar surface area (TPSA) is 58.2 Å². The van der Waals surface area contributed by atoms with Gasteiger partial charge in [0.05, 0.1) is 17.8 Å². The first-order valence-electron chi connectivity index (χ1n) is 7.09. The number of Topliss-reactive ketones (excluding diaryl/α,β-unsaturated/α-hetero) is 1. The van der Waals surface area contributed by atoms with Crippen LogP contribution in [0.4, 0.5) is 24.5 Å². The number of ketones is 1. The minimum atomic E-state index is -4.56. The zero-order valence-electron chi connectivity index (χ0n) is 12.8. The average molecular weight is 336 g/mol. The van der Waals surface area contributed by atoms with Gasteiger partial charge in [0.15, 0.2) is 5.78 Å². The fourth-order valence-electron chi connectivity index (χ4n) is 2.15. The van der Waals surface area contributed by atoms with Gasteiger partial charge in [-0.15, -0.1) is 0 Å². The number of alkyl halides is 3. The lowest BCUT2D eigenvalue weighted by Gasteiger charge is -2.14. The second-order valence-corrected chi connectivity index (χ2v) is 5.05. The minimum absolute atomic E-state index is 0.180. The van der Waals surface area contributed by atoms with Crippen molar-refractivity contribution in [1.29, 1.82) is 0 Å². The molecule has 24 heavy (non-hydrogen) atoms. The Balaban J connectivity index is 2.07. The number of halogens is 3. The smallest absolute Gasteiger partial charge is 0.376 e. The van der Waals surface area contributed by atoms with Gasteiger partial charge in [-0.05, 0) is 31.2 Å². The molecule has 0 unspecified atom stereocenters. The van der Waals surface area contributed by atoms with E-state index in [0.29, 0.717) is 11.3 Å². The first-order chi connectivity index (χ1) is 11.3. The maximum absolute atomic E-state index is 12.9. The van der Waals surface area contributed by atoms with Gasteiger partial charge in [-0.1, -0.05) is 24.3 Å². The summed E-state index contributed by atoms with van der Waals surface area (Å²) in [6.07, 6.45) is -4.56. The molecule has 0 atom stereocenters. The van der Waals surface area contributed by atoms with E-state index in [2.05, 4.69) is 10.6 Å². The molecule has 2 aromatic carbocycles. The fourth-order valence-corrected chi connectivity index (χ4v) is 2.15. The van der Waals surface area contributed by atoms with Crippen LogP contribution < -0.4 is 10.6 Å². The maximum Gasteiger partial charge on any atom is 0.418 e. The van der Waals surface area contributed by atoms with Crippen molar-refractivity contribution in [2.75, 3.05) is 17.2 Å². The summed E-state index contributed by atoms with van der Waals surface area (Å²) in [7, 11) is 0. The lowest BCUT2D eigenvalue weighted by atomic mass is 10.1. The van der Waals surface area contributed by atoms with Crippen LogP contribution in [0.2, 0.25) is 0 Å². The van der Waals surface area contributed by atoms with Crippen LogP contribution in [0.3, 0.4) is 0 Å². The zero-order chi connectivity index (χ0) is 17.7. The number of rotatable bonds is 5. The summed E-state index contributed by atoms with van der Waals surface area (Å²) in [5, 5.41) is 4.99. The lowest BCUT2D eigenvalue weighted by Crippen LogP contribution is -2.24. The van der Waals surface area contributed by atoms with Crippen LogP contribution in [0.25, 0.3) is 0 Å². The standard InChI is InChI=1S/C17H15F3N2O2/c1-11(23)12-6-2-4-8-14(12)21-10-16(24)22-15-9-5-3-7-13(15)17(18,19)20/h2-9,21H,10H2,1H3,(H,22,24). The molecule has 0 spiro atoms. The van der Waals surface area contributed by atoms with Gasteiger partial charge >= 0.3 is 6.18 Å². The molecule has 0 radical (unpaired) electrons. The van der Waals surface area contributed by atoms with E-state index in [4.69, 9.17) is 0 Å². The van der Waals surface area contributed by atoms with Crippen molar-refractivity contribution < 1.29 is 22.8 Å². The number of carbonyl (C=O) groups is 2. The second-order valence-electron chi connectivity index (χ2n) is 5.05. The molecule has 0 aliphatic carbocycles. The Bertz CT molecular complexity index is 757. The van der Waals surface area contributed by atoms with Gasteiger partial charge in [0.1, 0.15) is 0 Å². The Morgan fingerprint density at radius 2 is 1.54 bits per heavy atom. The molecule has 2 aromatic rings. The molecule has 126 valence electrons. The van der Waals surface area contributed by atoms with Gasteiger partial charge in [-0.3, -0.25) is 9.59 Å². The molecule has 7 heteroatoms.